The third-order valence-electron chi connectivity index (χ3n) is 5.30. The molecular weight excluding hydrogens is 481 g/mol. The quantitative estimate of drug-likeness (QED) is 0.236. The second-order valence-electron chi connectivity index (χ2n) is 8.86. The number of ether oxygens (including phenoxy) is 1. The largest absolute Gasteiger partial charge is 0.466 e. The monoisotopic (exact) mass is 516 g/mol. The molecule has 0 spiro atoms. The number of hydrogen-bond acceptors (Lipinski definition) is 8. The summed E-state index contributed by atoms with van der Waals surface area (Å²) in [5.41, 5.74) is 2.29. The van der Waals surface area contributed by atoms with Crippen molar-refractivity contribution in [1.29, 1.82) is 0 Å². The van der Waals surface area contributed by atoms with E-state index in [4.69, 9.17) is 9.84 Å². The summed E-state index contributed by atoms with van der Waals surface area (Å²) in [7, 11) is 0. The lowest BCUT2D eigenvalue weighted by Gasteiger charge is -2.29. The highest BCUT2D eigenvalue weighted by molar-refractivity contribution is 7.09. The molecule has 0 radical (unpaired) electrons. The number of esters is 1. The fraction of sp³-hybridized carbons (Fsp3) is 0.625. The molecule has 1 atom stereocenters. The molecule has 0 fully saturated rings. The molecule has 7 nitrogen and oxygen atoms in total. The number of hydrogen-bond donors (Lipinski definition) is 2. The Morgan fingerprint density at radius 2 is 1.97 bits per heavy atom. The predicted octanol–water partition coefficient (Wildman–Crippen LogP) is 5.98. The van der Waals surface area contributed by atoms with Gasteiger partial charge in [0.1, 0.15) is 0 Å². The molecule has 0 aliphatic carbocycles. The van der Waals surface area contributed by atoms with Gasteiger partial charge < -0.3 is 20.1 Å². The van der Waals surface area contributed by atoms with E-state index in [1.165, 1.54) is 0 Å². The van der Waals surface area contributed by atoms with Crippen molar-refractivity contribution in [2.24, 2.45) is 5.92 Å². The first-order valence-electron chi connectivity index (χ1n) is 11.9. The smallest absolute Gasteiger partial charge is 0.452 e. The molecule has 1 aromatic heterocycles. The average molecular weight is 517 g/mol. The second kappa shape index (κ2) is 13.6. The van der Waals surface area contributed by atoms with Gasteiger partial charge in [-0.15, -0.1) is 0 Å². The zero-order chi connectivity index (χ0) is 26.0. The van der Waals surface area contributed by atoms with Crippen molar-refractivity contribution in [3.63, 3.8) is 0 Å². The topological polar surface area (TPSA) is 87.6 Å². The van der Waals surface area contributed by atoms with Crippen molar-refractivity contribution < 1.29 is 27.8 Å². The van der Waals surface area contributed by atoms with E-state index in [9.17, 15) is 18.0 Å². The molecule has 0 amide bonds. The van der Waals surface area contributed by atoms with Gasteiger partial charge in [-0.05, 0) is 55.7 Å². The normalized spacial score (nSPS) is 12.6. The fourth-order valence-electron chi connectivity index (χ4n) is 3.67. The highest BCUT2D eigenvalue weighted by atomic mass is 32.1. The number of carbonyl (C=O) groups excluding carboxylic acids is 1. The molecule has 0 bridgehead atoms. The van der Waals surface area contributed by atoms with E-state index < -0.39 is 12.0 Å². The summed E-state index contributed by atoms with van der Waals surface area (Å²) in [6, 6.07) is 5.72. The lowest BCUT2D eigenvalue weighted by molar-refractivity contribution is -0.144. The summed E-state index contributed by atoms with van der Waals surface area (Å²) in [5.74, 6) is -1.28. The van der Waals surface area contributed by atoms with Crippen LogP contribution in [-0.2, 0) is 15.7 Å². The maximum Gasteiger partial charge on any atom is 0.452 e. The molecule has 0 saturated carbocycles. The number of anilines is 3. The summed E-state index contributed by atoms with van der Waals surface area (Å²) in [6.07, 6.45) is -1.97. The summed E-state index contributed by atoms with van der Waals surface area (Å²) >= 11 is 0.649. The van der Waals surface area contributed by atoms with Crippen LogP contribution in [0, 0.1) is 5.92 Å². The molecule has 1 unspecified atom stereocenters. The zero-order valence-corrected chi connectivity index (χ0v) is 21.5. The lowest BCUT2D eigenvalue weighted by atomic mass is 9.96. The van der Waals surface area contributed by atoms with Crippen LogP contribution < -0.4 is 10.2 Å². The highest BCUT2D eigenvalue weighted by Crippen LogP contribution is 2.36. The number of rotatable bonds is 14. The SMILES string of the molecule is CCOC(=O)CC(C)c1ccc(N(CCCCCO)CC(C)C)c(Nc2nc(C(F)(F)F)ns2)c1. The maximum absolute atomic E-state index is 13.0. The Hall–Kier alpha value is -2.40. The van der Waals surface area contributed by atoms with Crippen LogP contribution >= 0.6 is 11.5 Å². The Bertz CT molecular complexity index is 937. The van der Waals surface area contributed by atoms with E-state index in [1.54, 1.807) is 6.92 Å². The minimum absolute atomic E-state index is 0.0403. The van der Waals surface area contributed by atoms with Crippen LogP contribution in [0.15, 0.2) is 18.2 Å². The van der Waals surface area contributed by atoms with Gasteiger partial charge in [0.2, 0.25) is 11.0 Å². The number of benzene rings is 1. The number of carbonyl (C=O) groups is 1. The second-order valence-corrected chi connectivity index (χ2v) is 9.61. The lowest BCUT2D eigenvalue weighted by Crippen LogP contribution is -2.29. The summed E-state index contributed by atoms with van der Waals surface area (Å²) in [4.78, 5) is 17.8. The van der Waals surface area contributed by atoms with Crippen LogP contribution in [0.25, 0.3) is 0 Å². The first kappa shape index (κ1) is 28.8. The van der Waals surface area contributed by atoms with Crippen molar-refractivity contribution in [2.75, 3.05) is 36.5 Å². The van der Waals surface area contributed by atoms with Crippen LogP contribution in [-0.4, -0.2) is 46.7 Å². The number of halogens is 3. The predicted molar refractivity (Wildman–Crippen MR) is 132 cm³/mol. The number of nitrogens with one attached hydrogen (secondary N) is 1. The number of aromatic nitrogens is 2. The number of alkyl halides is 3. The summed E-state index contributed by atoms with van der Waals surface area (Å²) < 4.78 is 47.6. The van der Waals surface area contributed by atoms with Gasteiger partial charge in [-0.2, -0.15) is 22.5 Å². The van der Waals surface area contributed by atoms with E-state index in [0.29, 0.717) is 29.7 Å². The van der Waals surface area contributed by atoms with Crippen molar-refractivity contribution >= 4 is 34.0 Å². The van der Waals surface area contributed by atoms with Crippen molar-refractivity contribution in [3.8, 4) is 0 Å². The fourth-order valence-corrected chi connectivity index (χ4v) is 4.27. The molecule has 196 valence electrons. The molecule has 0 aliphatic rings. The number of unbranched alkanes of at least 4 members (excludes halogenated alkanes) is 2. The van der Waals surface area contributed by atoms with Gasteiger partial charge in [0.05, 0.1) is 24.4 Å². The molecule has 2 aromatic rings. The van der Waals surface area contributed by atoms with E-state index >= 15 is 0 Å². The standard InChI is InChI=1S/C24H35F3N4O3S/c1-5-34-21(33)13-17(4)18-9-10-20(31(15-16(2)3)11-7-6-8-12-32)19(14-18)28-23-29-22(30-35-23)24(25,26)27/h9-10,14,16-17,32H,5-8,11-13,15H2,1-4H3,(H,28,29,30). The van der Waals surface area contributed by atoms with Crippen LogP contribution in [0.5, 0.6) is 0 Å². The third kappa shape index (κ3) is 9.29. The molecule has 11 heteroatoms. The van der Waals surface area contributed by atoms with Crippen LogP contribution in [0.3, 0.4) is 0 Å². The van der Waals surface area contributed by atoms with Gasteiger partial charge in [-0.1, -0.05) is 26.8 Å². The van der Waals surface area contributed by atoms with E-state index in [2.05, 4.69) is 33.4 Å². The molecule has 0 saturated heterocycles. The van der Waals surface area contributed by atoms with Gasteiger partial charge in [0.25, 0.3) is 0 Å². The van der Waals surface area contributed by atoms with Gasteiger partial charge in [-0.25, -0.2) is 0 Å². The molecule has 1 heterocycles. The zero-order valence-electron chi connectivity index (χ0n) is 20.7. The van der Waals surface area contributed by atoms with Crippen LogP contribution in [0.4, 0.5) is 29.7 Å². The first-order chi connectivity index (χ1) is 16.5. The van der Waals surface area contributed by atoms with Crippen LogP contribution in [0.1, 0.15) is 70.7 Å². The molecule has 35 heavy (non-hydrogen) atoms. The van der Waals surface area contributed by atoms with Gasteiger partial charge in [0.15, 0.2) is 0 Å². The van der Waals surface area contributed by atoms with Crippen molar-refractivity contribution in [3.05, 3.63) is 29.6 Å². The highest BCUT2D eigenvalue weighted by Gasteiger charge is 2.36. The Labute approximate surface area is 208 Å². The molecule has 0 aliphatic heterocycles. The minimum atomic E-state index is -4.62. The molecule has 1 aromatic carbocycles. The molecular formula is C24H35F3N4O3S. The first-order valence-corrected chi connectivity index (χ1v) is 12.7. The number of nitrogens with zero attached hydrogens (tertiary/aromatic N) is 3. The Morgan fingerprint density at radius 1 is 1.23 bits per heavy atom. The van der Waals surface area contributed by atoms with E-state index in [-0.39, 0.29) is 30.0 Å². The third-order valence-corrected chi connectivity index (χ3v) is 5.93. The van der Waals surface area contributed by atoms with E-state index in [1.807, 2.05) is 25.1 Å². The van der Waals surface area contributed by atoms with Crippen molar-refractivity contribution in [2.45, 2.75) is 65.5 Å². The summed E-state index contributed by atoms with van der Waals surface area (Å²) in [5, 5.41) is 12.2. The van der Waals surface area contributed by atoms with Gasteiger partial charge in [0, 0.05) is 31.2 Å². The van der Waals surface area contributed by atoms with Gasteiger partial charge in [-0.3, -0.25) is 4.79 Å². The molecule has 2 rings (SSSR count). The Kier molecular flexibility index (Phi) is 11.2. The minimum Gasteiger partial charge on any atom is -0.466 e. The van der Waals surface area contributed by atoms with Crippen molar-refractivity contribution in [1.82, 2.24) is 9.36 Å². The van der Waals surface area contributed by atoms with Crippen LogP contribution in [0.2, 0.25) is 0 Å². The number of aliphatic hydroxyl groups is 1. The number of aliphatic hydroxyl groups excluding tert-OH is 1. The average Bonchev–Trinajstić information content (AvgIpc) is 3.25. The van der Waals surface area contributed by atoms with E-state index in [0.717, 1.165) is 43.6 Å². The van der Waals surface area contributed by atoms with Gasteiger partial charge >= 0.3 is 12.1 Å². The maximum atomic E-state index is 13.0. The Balaban J connectivity index is 2.40. The Morgan fingerprint density at radius 3 is 2.57 bits per heavy atom. The molecule has 2 N–H and O–H groups in total. The summed E-state index contributed by atoms with van der Waals surface area (Å²) in [6.45, 7) is 9.78.